The highest BCUT2D eigenvalue weighted by atomic mass is 35.5. The number of halogens is 1. The van der Waals surface area contributed by atoms with Crippen LogP contribution in [-0.4, -0.2) is 19.8 Å². The number of hydrogen-bond donors (Lipinski definition) is 0. The average molecular weight is 189 g/mol. The summed E-state index contributed by atoms with van der Waals surface area (Å²) in [6.45, 7) is 1.88. The van der Waals surface area contributed by atoms with Crippen LogP contribution in [-0.2, 0) is 0 Å². The van der Waals surface area contributed by atoms with Gasteiger partial charge in [0.15, 0.2) is 0 Å². The maximum Gasteiger partial charge on any atom is 0.234 e. The number of fused-ring (bicyclic) bond motifs is 1. The second-order valence-electron chi connectivity index (χ2n) is 2.11. The van der Waals surface area contributed by atoms with E-state index in [9.17, 15) is 0 Å². The molecule has 0 aliphatic rings. The van der Waals surface area contributed by atoms with Crippen molar-refractivity contribution in [2.45, 2.75) is 12.3 Å². The van der Waals surface area contributed by atoms with Crippen molar-refractivity contribution < 1.29 is 0 Å². The van der Waals surface area contributed by atoms with E-state index in [0.717, 1.165) is 9.97 Å². The van der Waals surface area contributed by atoms with E-state index in [-0.39, 0.29) is 5.38 Å². The number of rotatable bonds is 1. The first-order chi connectivity index (χ1) is 5.27. The van der Waals surface area contributed by atoms with Gasteiger partial charge in [-0.2, -0.15) is 9.61 Å². The molecule has 0 N–H and O–H groups in total. The summed E-state index contributed by atoms with van der Waals surface area (Å²) in [5.74, 6) is 0. The van der Waals surface area contributed by atoms with Gasteiger partial charge in [-0.05, 0) is 6.92 Å². The van der Waals surface area contributed by atoms with Crippen LogP contribution in [0, 0.1) is 0 Å². The lowest BCUT2D eigenvalue weighted by atomic mass is 10.5. The van der Waals surface area contributed by atoms with Gasteiger partial charge in [0, 0.05) is 0 Å². The lowest BCUT2D eigenvalue weighted by molar-refractivity contribution is 0.887. The molecule has 2 aromatic rings. The zero-order valence-corrected chi connectivity index (χ0v) is 7.30. The van der Waals surface area contributed by atoms with Crippen LogP contribution in [0.15, 0.2) is 6.33 Å². The van der Waals surface area contributed by atoms with Crippen LogP contribution in [0.2, 0.25) is 0 Å². The highest BCUT2D eigenvalue weighted by Gasteiger charge is 2.09. The minimum Gasteiger partial charge on any atom is -0.190 e. The Kier molecular flexibility index (Phi) is 1.54. The molecule has 0 aliphatic heterocycles. The topological polar surface area (TPSA) is 43.1 Å². The van der Waals surface area contributed by atoms with E-state index < -0.39 is 0 Å². The Balaban J connectivity index is 2.58. The monoisotopic (exact) mass is 188 g/mol. The van der Waals surface area contributed by atoms with Gasteiger partial charge < -0.3 is 0 Å². The van der Waals surface area contributed by atoms with Crippen molar-refractivity contribution in [1.29, 1.82) is 0 Å². The Morgan fingerprint density at radius 1 is 1.73 bits per heavy atom. The summed E-state index contributed by atoms with van der Waals surface area (Å²) < 4.78 is 1.62. The molecule has 1 atom stereocenters. The lowest BCUT2D eigenvalue weighted by Crippen LogP contribution is -1.85. The van der Waals surface area contributed by atoms with E-state index in [1.54, 1.807) is 10.8 Å². The van der Waals surface area contributed by atoms with Crippen molar-refractivity contribution in [3.63, 3.8) is 0 Å². The van der Waals surface area contributed by atoms with E-state index in [1.807, 2.05) is 6.92 Å². The molecule has 0 fully saturated rings. The van der Waals surface area contributed by atoms with Crippen molar-refractivity contribution in [3.8, 4) is 0 Å². The van der Waals surface area contributed by atoms with Gasteiger partial charge in [0.1, 0.15) is 11.3 Å². The Labute approximate surface area is 71.8 Å². The molecule has 1 unspecified atom stereocenters. The third kappa shape index (κ3) is 1.10. The molecule has 0 bridgehead atoms. The minimum absolute atomic E-state index is 0.0540. The molecule has 6 heteroatoms. The molecular weight excluding hydrogens is 184 g/mol. The quantitative estimate of drug-likeness (QED) is 0.637. The van der Waals surface area contributed by atoms with Crippen LogP contribution in [0.1, 0.15) is 17.3 Å². The Hall–Kier alpha value is -0.680. The van der Waals surface area contributed by atoms with Gasteiger partial charge in [-0.15, -0.1) is 21.8 Å². The van der Waals surface area contributed by atoms with Gasteiger partial charge in [0.25, 0.3) is 0 Å². The predicted octanol–water partition coefficient (Wildman–Crippen LogP) is 1.49. The molecule has 2 rings (SSSR count). The fourth-order valence-corrected chi connectivity index (χ4v) is 1.66. The largest absolute Gasteiger partial charge is 0.234 e. The molecule has 0 radical (unpaired) electrons. The summed E-state index contributed by atoms with van der Waals surface area (Å²) >= 11 is 7.28. The van der Waals surface area contributed by atoms with Gasteiger partial charge in [-0.1, -0.05) is 11.3 Å². The molecule has 0 aliphatic carbocycles. The first-order valence-electron chi connectivity index (χ1n) is 3.08. The minimum atomic E-state index is -0.0540. The summed E-state index contributed by atoms with van der Waals surface area (Å²) in [5, 5.41) is 12.5. The Bertz CT molecular complexity index is 337. The predicted molar refractivity (Wildman–Crippen MR) is 42.9 cm³/mol. The van der Waals surface area contributed by atoms with Gasteiger partial charge in [-0.25, -0.2) is 0 Å². The van der Waals surface area contributed by atoms with Crippen molar-refractivity contribution in [3.05, 3.63) is 11.3 Å². The fourth-order valence-electron chi connectivity index (χ4n) is 0.736. The van der Waals surface area contributed by atoms with Crippen LogP contribution >= 0.6 is 22.9 Å². The highest BCUT2D eigenvalue weighted by Crippen LogP contribution is 2.23. The van der Waals surface area contributed by atoms with Crippen molar-refractivity contribution in [1.82, 2.24) is 19.8 Å². The van der Waals surface area contributed by atoms with Gasteiger partial charge in [0.2, 0.25) is 4.96 Å². The maximum atomic E-state index is 5.82. The maximum absolute atomic E-state index is 5.82. The number of nitrogens with zero attached hydrogens (tertiary/aromatic N) is 4. The third-order valence-corrected chi connectivity index (χ3v) is 2.67. The van der Waals surface area contributed by atoms with Gasteiger partial charge in [-0.3, -0.25) is 0 Å². The lowest BCUT2D eigenvalue weighted by Gasteiger charge is -1.90. The zero-order valence-electron chi connectivity index (χ0n) is 5.73. The van der Waals surface area contributed by atoms with E-state index >= 15 is 0 Å². The smallest absolute Gasteiger partial charge is 0.190 e. The number of alkyl halides is 1. The summed E-state index contributed by atoms with van der Waals surface area (Å²) in [6, 6.07) is 0. The SMILES string of the molecule is CC(Cl)c1nn2cnnc2s1. The molecule has 0 spiro atoms. The van der Waals surface area contributed by atoms with E-state index in [1.165, 1.54) is 11.3 Å². The van der Waals surface area contributed by atoms with E-state index in [2.05, 4.69) is 15.3 Å². The number of aromatic nitrogens is 4. The zero-order chi connectivity index (χ0) is 7.84. The summed E-state index contributed by atoms with van der Waals surface area (Å²) in [5.41, 5.74) is 0. The normalized spacial score (nSPS) is 14.0. The summed E-state index contributed by atoms with van der Waals surface area (Å²) in [7, 11) is 0. The molecule has 0 amide bonds. The molecule has 0 aromatic carbocycles. The Morgan fingerprint density at radius 3 is 3.18 bits per heavy atom. The molecule has 11 heavy (non-hydrogen) atoms. The van der Waals surface area contributed by atoms with E-state index in [4.69, 9.17) is 11.6 Å². The van der Waals surface area contributed by atoms with Crippen LogP contribution in [0.4, 0.5) is 0 Å². The second kappa shape index (κ2) is 2.42. The van der Waals surface area contributed by atoms with E-state index in [0.29, 0.717) is 0 Å². The Morgan fingerprint density at radius 2 is 2.55 bits per heavy atom. The third-order valence-electron chi connectivity index (χ3n) is 1.24. The van der Waals surface area contributed by atoms with Crippen LogP contribution < -0.4 is 0 Å². The molecule has 58 valence electrons. The molecule has 4 nitrogen and oxygen atoms in total. The highest BCUT2D eigenvalue weighted by molar-refractivity contribution is 7.16. The van der Waals surface area contributed by atoms with Crippen molar-refractivity contribution >= 4 is 27.9 Å². The second-order valence-corrected chi connectivity index (χ2v) is 3.76. The van der Waals surface area contributed by atoms with Crippen molar-refractivity contribution in [2.24, 2.45) is 0 Å². The summed E-state index contributed by atoms with van der Waals surface area (Å²) in [6.07, 6.45) is 1.56. The molecular formula is C5H5ClN4S. The van der Waals surface area contributed by atoms with Crippen LogP contribution in [0.25, 0.3) is 4.96 Å². The van der Waals surface area contributed by atoms with Crippen LogP contribution in [0.5, 0.6) is 0 Å². The van der Waals surface area contributed by atoms with Gasteiger partial charge in [0.05, 0.1) is 5.38 Å². The molecule has 2 aromatic heterocycles. The van der Waals surface area contributed by atoms with Crippen LogP contribution in [0.3, 0.4) is 0 Å². The fraction of sp³-hybridized carbons (Fsp3) is 0.400. The number of hydrogen-bond acceptors (Lipinski definition) is 4. The molecule has 2 heterocycles. The molecule has 0 saturated heterocycles. The summed E-state index contributed by atoms with van der Waals surface area (Å²) in [4.78, 5) is 0.785. The van der Waals surface area contributed by atoms with Crippen molar-refractivity contribution in [2.75, 3.05) is 0 Å². The first kappa shape index (κ1) is 7.00. The first-order valence-corrected chi connectivity index (χ1v) is 4.33. The molecule has 0 saturated carbocycles. The average Bonchev–Trinajstić information content (AvgIpc) is 2.40. The standard InChI is InChI=1S/C5H5ClN4S/c1-3(6)4-9-10-2-7-8-5(10)11-4/h2-3H,1H3. The van der Waals surface area contributed by atoms with Gasteiger partial charge >= 0.3 is 0 Å².